The first-order valence-corrected chi connectivity index (χ1v) is 6.19. The molecule has 0 saturated heterocycles. The summed E-state index contributed by atoms with van der Waals surface area (Å²) in [5.41, 5.74) is -0.173. The zero-order valence-corrected chi connectivity index (χ0v) is 11.4. The first kappa shape index (κ1) is 14.6. The lowest BCUT2D eigenvalue weighted by Gasteiger charge is -2.21. The standard InChI is InChI=1S/C12H8BrF3N2O2/c13-9-4-2-1-3-8(9)10(12(14,15)16)20-11(19)18-6-5-17-7-18/h1-7,10H. The van der Waals surface area contributed by atoms with E-state index in [1.807, 2.05) is 0 Å². The van der Waals surface area contributed by atoms with Gasteiger partial charge in [-0.2, -0.15) is 13.2 Å². The molecule has 1 heterocycles. The molecule has 1 aromatic carbocycles. The molecule has 1 aromatic heterocycles. The van der Waals surface area contributed by atoms with Gasteiger partial charge in [-0.3, -0.25) is 0 Å². The van der Waals surface area contributed by atoms with Crippen LogP contribution in [0.15, 0.2) is 47.5 Å². The van der Waals surface area contributed by atoms with Crippen molar-refractivity contribution < 1.29 is 22.7 Å². The molecule has 0 fully saturated rings. The number of halogens is 4. The Balaban J connectivity index is 2.31. The first-order valence-electron chi connectivity index (χ1n) is 5.39. The molecule has 0 amide bonds. The Bertz CT molecular complexity index is 599. The third-order valence-electron chi connectivity index (χ3n) is 2.42. The highest BCUT2D eigenvalue weighted by Crippen LogP contribution is 2.39. The van der Waals surface area contributed by atoms with E-state index < -0.39 is 18.4 Å². The lowest BCUT2D eigenvalue weighted by molar-refractivity contribution is -0.206. The largest absolute Gasteiger partial charge is 0.431 e. The van der Waals surface area contributed by atoms with E-state index in [9.17, 15) is 18.0 Å². The normalized spacial score (nSPS) is 13.0. The second-order valence-electron chi connectivity index (χ2n) is 3.80. The summed E-state index contributed by atoms with van der Waals surface area (Å²) in [6.45, 7) is 0. The molecule has 0 radical (unpaired) electrons. The number of benzene rings is 1. The molecule has 0 N–H and O–H groups in total. The van der Waals surface area contributed by atoms with Crippen molar-refractivity contribution >= 4 is 22.0 Å². The molecule has 0 saturated carbocycles. The van der Waals surface area contributed by atoms with Crippen LogP contribution in [-0.2, 0) is 4.74 Å². The number of alkyl halides is 3. The summed E-state index contributed by atoms with van der Waals surface area (Å²) in [7, 11) is 0. The van der Waals surface area contributed by atoms with Gasteiger partial charge in [-0.05, 0) is 6.07 Å². The van der Waals surface area contributed by atoms with Gasteiger partial charge in [0.2, 0.25) is 6.10 Å². The molecular formula is C12H8BrF3N2O2. The molecule has 4 nitrogen and oxygen atoms in total. The van der Waals surface area contributed by atoms with Gasteiger partial charge in [0.25, 0.3) is 0 Å². The number of carbonyl (C=O) groups excluding carboxylic acids is 1. The third-order valence-corrected chi connectivity index (χ3v) is 3.14. The number of carbonyl (C=O) groups is 1. The molecule has 0 aliphatic heterocycles. The molecule has 0 aliphatic rings. The Hall–Kier alpha value is -1.83. The topological polar surface area (TPSA) is 44.1 Å². The number of hydrogen-bond acceptors (Lipinski definition) is 3. The maximum atomic E-state index is 13.1. The van der Waals surface area contributed by atoms with Gasteiger partial charge in [-0.1, -0.05) is 34.1 Å². The molecular weight excluding hydrogens is 341 g/mol. The van der Waals surface area contributed by atoms with Crippen LogP contribution in [-0.4, -0.2) is 21.8 Å². The lowest BCUT2D eigenvalue weighted by atomic mass is 10.1. The maximum Gasteiger partial charge on any atom is 0.429 e. The predicted molar refractivity (Wildman–Crippen MR) is 67.0 cm³/mol. The average Bonchev–Trinajstić information content (AvgIpc) is 2.89. The zero-order chi connectivity index (χ0) is 14.8. The average molecular weight is 349 g/mol. The Morgan fingerprint density at radius 3 is 2.60 bits per heavy atom. The minimum absolute atomic E-state index is 0.173. The van der Waals surface area contributed by atoms with Gasteiger partial charge in [0, 0.05) is 22.4 Å². The lowest BCUT2D eigenvalue weighted by Crippen LogP contribution is -2.28. The van der Waals surface area contributed by atoms with Gasteiger partial charge in [0.15, 0.2) is 0 Å². The third kappa shape index (κ3) is 3.19. The van der Waals surface area contributed by atoms with Crippen LogP contribution >= 0.6 is 15.9 Å². The van der Waals surface area contributed by atoms with Crippen molar-refractivity contribution in [3.63, 3.8) is 0 Å². The molecule has 2 rings (SSSR count). The monoisotopic (exact) mass is 348 g/mol. The van der Waals surface area contributed by atoms with Crippen LogP contribution < -0.4 is 0 Å². The number of hydrogen-bond donors (Lipinski definition) is 0. The molecule has 0 bridgehead atoms. The summed E-state index contributed by atoms with van der Waals surface area (Å²) in [5, 5.41) is 0. The van der Waals surface area contributed by atoms with E-state index >= 15 is 0 Å². The summed E-state index contributed by atoms with van der Waals surface area (Å²) in [6, 6.07) is 5.69. The van der Waals surface area contributed by atoms with E-state index in [4.69, 9.17) is 0 Å². The summed E-state index contributed by atoms with van der Waals surface area (Å²) in [4.78, 5) is 15.2. The summed E-state index contributed by atoms with van der Waals surface area (Å²) >= 11 is 3.02. The van der Waals surface area contributed by atoms with E-state index in [1.54, 1.807) is 6.07 Å². The van der Waals surface area contributed by atoms with Crippen LogP contribution in [0.1, 0.15) is 11.7 Å². The molecule has 2 aromatic rings. The number of ether oxygens (including phenoxy) is 1. The predicted octanol–water partition coefficient (Wildman–Crippen LogP) is 3.93. The van der Waals surface area contributed by atoms with Crippen LogP contribution in [0, 0.1) is 0 Å². The van der Waals surface area contributed by atoms with Gasteiger partial charge in [0.05, 0.1) is 0 Å². The van der Waals surface area contributed by atoms with E-state index in [2.05, 4.69) is 25.7 Å². The van der Waals surface area contributed by atoms with Crippen LogP contribution in [0.3, 0.4) is 0 Å². The van der Waals surface area contributed by atoms with E-state index in [-0.39, 0.29) is 10.0 Å². The van der Waals surface area contributed by atoms with Gasteiger partial charge < -0.3 is 4.74 Å². The van der Waals surface area contributed by atoms with Crippen LogP contribution in [0.5, 0.6) is 0 Å². The maximum absolute atomic E-state index is 13.1. The van der Waals surface area contributed by atoms with E-state index in [0.29, 0.717) is 0 Å². The number of nitrogens with zero attached hydrogens (tertiary/aromatic N) is 2. The van der Waals surface area contributed by atoms with Gasteiger partial charge in [-0.25, -0.2) is 14.3 Å². The van der Waals surface area contributed by atoms with Crippen molar-refractivity contribution in [3.8, 4) is 0 Å². The van der Waals surface area contributed by atoms with Crippen molar-refractivity contribution in [1.29, 1.82) is 0 Å². The van der Waals surface area contributed by atoms with Crippen LogP contribution in [0.4, 0.5) is 18.0 Å². The van der Waals surface area contributed by atoms with E-state index in [0.717, 1.165) is 10.9 Å². The quantitative estimate of drug-likeness (QED) is 0.825. The van der Waals surface area contributed by atoms with Crippen molar-refractivity contribution in [1.82, 2.24) is 9.55 Å². The fourth-order valence-electron chi connectivity index (χ4n) is 1.52. The number of rotatable bonds is 2. The minimum atomic E-state index is -4.72. The molecule has 0 spiro atoms. The molecule has 106 valence electrons. The van der Waals surface area contributed by atoms with Crippen LogP contribution in [0.25, 0.3) is 0 Å². The Morgan fingerprint density at radius 1 is 1.35 bits per heavy atom. The van der Waals surface area contributed by atoms with Crippen molar-refractivity contribution in [2.45, 2.75) is 12.3 Å². The van der Waals surface area contributed by atoms with Gasteiger partial charge >= 0.3 is 12.3 Å². The summed E-state index contributed by atoms with van der Waals surface area (Å²) in [6.07, 6.45) is -4.69. The highest BCUT2D eigenvalue weighted by molar-refractivity contribution is 9.10. The van der Waals surface area contributed by atoms with E-state index in [1.165, 1.54) is 30.6 Å². The fraction of sp³-hybridized carbons (Fsp3) is 0.167. The second-order valence-corrected chi connectivity index (χ2v) is 4.65. The molecule has 1 unspecified atom stereocenters. The summed E-state index contributed by atoms with van der Waals surface area (Å²) < 4.78 is 44.8. The molecule has 8 heteroatoms. The van der Waals surface area contributed by atoms with Crippen molar-refractivity contribution in [2.75, 3.05) is 0 Å². The minimum Gasteiger partial charge on any atom is -0.431 e. The Morgan fingerprint density at radius 2 is 2.05 bits per heavy atom. The Kier molecular flexibility index (Phi) is 4.12. The Labute approximate surface area is 120 Å². The SMILES string of the molecule is O=C(OC(c1ccccc1Br)C(F)(F)F)n1ccnc1. The number of aromatic nitrogens is 2. The second kappa shape index (κ2) is 5.66. The molecule has 0 aliphatic carbocycles. The van der Waals surface area contributed by atoms with Gasteiger partial charge in [0.1, 0.15) is 6.33 Å². The zero-order valence-electron chi connectivity index (χ0n) is 9.84. The smallest absolute Gasteiger partial charge is 0.429 e. The first-order chi connectivity index (χ1) is 9.39. The van der Waals surface area contributed by atoms with Crippen LogP contribution in [0.2, 0.25) is 0 Å². The van der Waals surface area contributed by atoms with Crippen molar-refractivity contribution in [2.24, 2.45) is 0 Å². The molecule has 20 heavy (non-hydrogen) atoms. The van der Waals surface area contributed by atoms with Gasteiger partial charge in [-0.15, -0.1) is 0 Å². The fourth-order valence-corrected chi connectivity index (χ4v) is 2.02. The highest BCUT2D eigenvalue weighted by atomic mass is 79.9. The van der Waals surface area contributed by atoms with Crippen molar-refractivity contribution in [3.05, 3.63) is 53.0 Å². The molecule has 1 atom stereocenters. The number of imidazole rings is 1. The highest BCUT2D eigenvalue weighted by Gasteiger charge is 2.45. The summed E-state index contributed by atoms with van der Waals surface area (Å²) in [5.74, 6) is 0.